The van der Waals surface area contributed by atoms with Gasteiger partial charge in [0.05, 0.1) is 6.10 Å². The molecule has 4 atom stereocenters. The van der Waals surface area contributed by atoms with E-state index in [4.69, 9.17) is 10.5 Å². The maximum absolute atomic E-state index is 6.20. The minimum Gasteiger partial charge on any atom is -0.381 e. The van der Waals surface area contributed by atoms with Gasteiger partial charge in [-0.25, -0.2) is 0 Å². The van der Waals surface area contributed by atoms with Crippen LogP contribution in [0.25, 0.3) is 0 Å². The zero-order valence-corrected chi connectivity index (χ0v) is 13.0. The number of ether oxygens (including phenoxy) is 1. The highest BCUT2D eigenvalue weighted by molar-refractivity contribution is 4.99. The second-order valence-electron chi connectivity index (χ2n) is 6.92. The van der Waals surface area contributed by atoms with Gasteiger partial charge in [-0.3, -0.25) is 4.90 Å². The number of methoxy groups -OCH3 is 1. The van der Waals surface area contributed by atoms with Gasteiger partial charge in [0.1, 0.15) is 0 Å². The lowest BCUT2D eigenvalue weighted by Crippen LogP contribution is -2.59. The Bertz CT molecular complexity index is 284. The lowest BCUT2D eigenvalue weighted by molar-refractivity contribution is -0.0368. The third-order valence-corrected chi connectivity index (χ3v) is 5.69. The Morgan fingerprint density at radius 1 is 1.26 bits per heavy atom. The average Bonchev–Trinajstić information content (AvgIpc) is 2.46. The van der Waals surface area contributed by atoms with Crippen LogP contribution in [-0.2, 0) is 4.74 Å². The number of hydrogen-bond donors (Lipinski definition) is 1. The highest BCUT2D eigenvalue weighted by atomic mass is 16.5. The lowest BCUT2D eigenvalue weighted by atomic mass is 9.76. The van der Waals surface area contributed by atoms with Gasteiger partial charge in [0.25, 0.3) is 0 Å². The zero-order valence-electron chi connectivity index (χ0n) is 13.0. The Morgan fingerprint density at radius 2 is 2.05 bits per heavy atom. The summed E-state index contributed by atoms with van der Waals surface area (Å²) in [7, 11) is 4.16. The molecule has 0 amide bonds. The quantitative estimate of drug-likeness (QED) is 0.852. The molecule has 112 valence electrons. The van der Waals surface area contributed by atoms with Crippen LogP contribution in [0, 0.1) is 5.92 Å². The van der Waals surface area contributed by atoms with Gasteiger partial charge in [-0.15, -0.1) is 0 Å². The molecular formula is C16H32N2O. The Labute approximate surface area is 118 Å². The third kappa shape index (κ3) is 3.32. The van der Waals surface area contributed by atoms with Gasteiger partial charge in [-0.2, -0.15) is 0 Å². The van der Waals surface area contributed by atoms with Gasteiger partial charge in [0, 0.05) is 25.2 Å². The summed E-state index contributed by atoms with van der Waals surface area (Å²) in [4.78, 5) is 2.63. The van der Waals surface area contributed by atoms with E-state index >= 15 is 0 Å². The van der Waals surface area contributed by atoms with Crippen molar-refractivity contribution in [2.24, 2.45) is 11.7 Å². The predicted molar refractivity (Wildman–Crippen MR) is 80.2 cm³/mol. The highest BCUT2D eigenvalue weighted by Gasteiger charge is 2.41. The van der Waals surface area contributed by atoms with E-state index in [1.807, 2.05) is 7.11 Å². The summed E-state index contributed by atoms with van der Waals surface area (Å²) in [5.41, 5.74) is 6.38. The minimum atomic E-state index is 0.181. The first-order valence-corrected chi connectivity index (χ1v) is 8.07. The molecule has 0 aromatic heterocycles. The molecule has 2 rings (SSSR count). The van der Waals surface area contributed by atoms with Crippen molar-refractivity contribution in [3.8, 4) is 0 Å². The largest absolute Gasteiger partial charge is 0.381 e. The van der Waals surface area contributed by atoms with Crippen LogP contribution >= 0.6 is 0 Å². The van der Waals surface area contributed by atoms with Crippen molar-refractivity contribution in [2.75, 3.05) is 20.7 Å². The molecule has 0 radical (unpaired) electrons. The smallest absolute Gasteiger partial charge is 0.0589 e. The summed E-state index contributed by atoms with van der Waals surface area (Å²) in [6.45, 7) is 3.17. The van der Waals surface area contributed by atoms with E-state index in [9.17, 15) is 0 Å². The van der Waals surface area contributed by atoms with Crippen molar-refractivity contribution in [2.45, 2.75) is 76.0 Å². The van der Waals surface area contributed by atoms with E-state index in [1.54, 1.807) is 0 Å². The predicted octanol–water partition coefficient (Wildman–Crippen LogP) is 2.78. The van der Waals surface area contributed by atoms with Crippen molar-refractivity contribution >= 4 is 0 Å². The summed E-state index contributed by atoms with van der Waals surface area (Å²) in [5.74, 6) is 0.873. The van der Waals surface area contributed by atoms with Crippen molar-refractivity contribution in [1.29, 1.82) is 0 Å². The van der Waals surface area contributed by atoms with Crippen molar-refractivity contribution in [1.82, 2.24) is 4.90 Å². The maximum Gasteiger partial charge on any atom is 0.0589 e. The van der Waals surface area contributed by atoms with Crippen molar-refractivity contribution in [3.63, 3.8) is 0 Å². The Kier molecular flexibility index (Phi) is 5.27. The van der Waals surface area contributed by atoms with Crippen LogP contribution in [-0.4, -0.2) is 43.3 Å². The SMILES string of the molecule is COC1CCCC(CN)(N(C)C2CCCC(C)C2)C1. The maximum atomic E-state index is 6.20. The monoisotopic (exact) mass is 268 g/mol. The van der Waals surface area contributed by atoms with Gasteiger partial charge < -0.3 is 10.5 Å². The van der Waals surface area contributed by atoms with Crippen LogP contribution in [0.1, 0.15) is 58.3 Å². The zero-order chi connectivity index (χ0) is 13.9. The first-order chi connectivity index (χ1) is 9.11. The van der Waals surface area contributed by atoms with E-state index in [0.29, 0.717) is 6.10 Å². The van der Waals surface area contributed by atoms with Gasteiger partial charge in [0.2, 0.25) is 0 Å². The summed E-state index contributed by atoms with van der Waals surface area (Å²) >= 11 is 0. The molecule has 0 spiro atoms. The molecule has 4 unspecified atom stereocenters. The molecule has 0 aromatic carbocycles. The normalized spacial score (nSPS) is 40.6. The highest BCUT2D eigenvalue weighted by Crippen LogP contribution is 2.38. The van der Waals surface area contributed by atoms with E-state index in [-0.39, 0.29) is 5.54 Å². The molecule has 3 heteroatoms. The van der Waals surface area contributed by atoms with Crippen LogP contribution in [0.15, 0.2) is 0 Å². The van der Waals surface area contributed by atoms with E-state index < -0.39 is 0 Å². The fourth-order valence-electron chi connectivity index (χ4n) is 4.28. The van der Waals surface area contributed by atoms with Gasteiger partial charge >= 0.3 is 0 Å². The molecule has 0 heterocycles. The van der Waals surface area contributed by atoms with Crippen LogP contribution < -0.4 is 5.73 Å². The molecule has 0 aromatic rings. The minimum absolute atomic E-state index is 0.181. The molecular weight excluding hydrogens is 236 g/mol. The first-order valence-electron chi connectivity index (χ1n) is 8.07. The third-order valence-electron chi connectivity index (χ3n) is 5.69. The number of rotatable bonds is 4. The summed E-state index contributed by atoms with van der Waals surface area (Å²) in [6.07, 6.45) is 10.7. The molecule has 0 bridgehead atoms. The van der Waals surface area contributed by atoms with Gasteiger partial charge in [0.15, 0.2) is 0 Å². The standard InChI is InChI=1S/C16H32N2O/c1-13-6-4-7-14(10-13)18(2)16(12-17)9-5-8-15(11-16)19-3/h13-15H,4-12,17H2,1-3H3. The molecule has 19 heavy (non-hydrogen) atoms. The summed E-state index contributed by atoms with van der Waals surface area (Å²) in [6, 6.07) is 0.725. The van der Waals surface area contributed by atoms with Gasteiger partial charge in [-0.05, 0) is 51.5 Å². The topological polar surface area (TPSA) is 38.5 Å². The summed E-state index contributed by atoms with van der Waals surface area (Å²) < 4.78 is 5.62. The van der Waals surface area contributed by atoms with Crippen LogP contribution in [0.3, 0.4) is 0 Å². The molecule has 2 fully saturated rings. The number of nitrogens with zero attached hydrogens (tertiary/aromatic N) is 1. The fourth-order valence-corrected chi connectivity index (χ4v) is 4.28. The molecule has 2 N–H and O–H groups in total. The second-order valence-corrected chi connectivity index (χ2v) is 6.92. The van der Waals surface area contributed by atoms with Crippen molar-refractivity contribution in [3.05, 3.63) is 0 Å². The number of nitrogens with two attached hydrogens (primary N) is 1. The average molecular weight is 268 g/mol. The number of hydrogen-bond acceptors (Lipinski definition) is 3. The molecule has 3 nitrogen and oxygen atoms in total. The number of likely N-dealkylation sites (N-methyl/N-ethyl adjacent to an activating group) is 1. The molecule has 2 aliphatic carbocycles. The van der Waals surface area contributed by atoms with E-state index in [0.717, 1.165) is 24.9 Å². The Balaban J connectivity index is 2.06. The molecule has 2 saturated carbocycles. The summed E-state index contributed by atoms with van der Waals surface area (Å²) in [5, 5.41) is 0. The fraction of sp³-hybridized carbons (Fsp3) is 1.00. The lowest BCUT2D eigenvalue weighted by Gasteiger charge is -2.50. The van der Waals surface area contributed by atoms with E-state index in [1.165, 1.54) is 44.9 Å². The molecule has 0 saturated heterocycles. The second kappa shape index (κ2) is 6.55. The van der Waals surface area contributed by atoms with Crippen LogP contribution in [0.4, 0.5) is 0 Å². The first kappa shape index (κ1) is 15.3. The Hall–Kier alpha value is -0.120. The molecule has 0 aliphatic heterocycles. The van der Waals surface area contributed by atoms with Gasteiger partial charge in [-0.1, -0.05) is 19.8 Å². The van der Waals surface area contributed by atoms with Crippen LogP contribution in [0.5, 0.6) is 0 Å². The van der Waals surface area contributed by atoms with Crippen molar-refractivity contribution < 1.29 is 4.74 Å². The van der Waals surface area contributed by atoms with E-state index in [2.05, 4.69) is 18.9 Å². The Morgan fingerprint density at radius 3 is 2.68 bits per heavy atom. The molecule has 2 aliphatic rings. The van der Waals surface area contributed by atoms with Crippen LogP contribution in [0.2, 0.25) is 0 Å².